The van der Waals surface area contributed by atoms with Crippen molar-refractivity contribution in [1.29, 1.82) is 0 Å². The molecule has 0 aromatic carbocycles. The molecule has 0 aliphatic heterocycles. The van der Waals surface area contributed by atoms with E-state index < -0.39 is 81.8 Å². The number of hydrogen-bond acceptors (Lipinski definition) is 13. The smallest absolute Gasteiger partial charge is 0.462 e. The van der Waals surface area contributed by atoms with Crippen LogP contribution in [0.3, 0.4) is 0 Å². The summed E-state index contributed by atoms with van der Waals surface area (Å²) in [7, 11) is -5.16. The number of aliphatic hydroxyl groups is 6. The van der Waals surface area contributed by atoms with Crippen molar-refractivity contribution in [3.63, 3.8) is 0 Å². The number of hydrogen-bond donors (Lipinski definition) is 7. The van der Waals surface area contributed by atoms with Gasteiger partial charge in [0, 0.05) is 12.8 Å². The fraction of sp³-hybridized carbons (Fsp3) is 0.633. The van der Waals surface area contributed by atoms with E-state index in [0.717, 1.165) is 57.8 Å². The molecular weight excluding hydrogens is 843 g/mol. The van der Waals surface area contributed by atoms with Crippen LogP contribution in [0.15, 0.2) is 97.2 Å². The maximum atomic E-state index is 12.8. The van der Waals surface area contributed by atoms with Gasteiger partial charge in [-0.3, -0.25) is 18.6 Å². The van der Waals surface area contributed by atoms with Crippen molar-refractivity contribution in [2.24, 2.45) is 0 Å². The Morgan fingerprint density at radius 1 is 0.578 bits per heavy atom. The van der Waals surface area contributed by atoms with E-state index in [2.05, 4.69) is 68.5 Å². The molecule has 0 spiro atoms. The molecule has 1 aliphatic rings. The normalized spacial score (nSPS) is 23.0. The lowest BCUT2D eigenvalue weighted by molar-refractivity contribution is -0.220. The van der Waals surface area contributed by atoms with E-state index >= 15 is 0 Å². The zero-order valence-corrected chi connectivity index (χ0v) is 39.0. The first-order valence-electron chi connectivity index (χ1n) is 23.1. The Hall–Kier alpha value is -3.27. The number of esters is 2. The highest BCUT2D eigenvalue weighted by molar-refractivity contribution is 7.47. The van der Waals surface area contributed by atoms with Gasteiger partial charge in [0.05, 0.1) is 12.7 Å². The number of carbonyl (C=O) groups is 2. The number of carbonyl (C=O) groups excluding carboxylic acids is 2. The van der Waals surface area contributed by atoms with Crippen molar-refractivity contribution in [3.8, 4) is 0 Å². The summed E-state index contributed by atoms with van der Waals surface area (Å²) < 4.78 is 33.4. The minimum atomic E-state index is -5.16. The van der Waals surface area contributed by atoms with Gasteiger partial charge in [-0.15, -0.1) is 0 Å². The minimum Gasteiger partial charge on any atom is -0.462 e. The van der Waals surface area contributed by atoms with Crippen LogP contribution >= 0.6 is 7.82 Å². The maximum Gasteiger partial charge on any atom is 0.472 e. The predicted octanol–water partition coefficient (Wildman–Crippen LogP) is 8.02. The molecule has 0 aromatic heterocycles. The highest BCUT2D eigenvalue weighted by Crippen LogP contribution is 2.47. The average Bonchev–Trinajstić information content (AvgIpc) is 3.27. The number of aliphatic hydroxyl groups excluding tert-OH is 6. The zero-order chi connectivity index (χ0) is 47.3. The SMILES string of the molecule is CC/C=C\C/C=C\C/C=C\C/C=C\CCCCCCC(=O)O[C@H](COC(=O)CCC/C=C\C/C=C\C=C\[C@H](O)C/C=C\CCCCC)COP(=O)(O)OC1[C@H](O)[C@H](O)C(O)[C@H](O)[C@H]1O. The number of rotatable bonds is 36. The Kier molecular flexibility index (Phi) is 34.8. The Bertz CT molecular complexity index is 1500. The molecule has 1 saturated carbocycles. The largest absolute Gasteiger partial charge is 0.472 e. The molecule has 0 bridgehead atoms. The van der Waals surface area contributed by atoms with E-state index in [-0.39, 0.29) is 12.8 Å². The summed E-state index contributed by atoms with van der Waals surface area (Å²) in [5.41, 5.74) is 0. The molecule has 0 radical (unpaired) electrons. The highest BCUT2D eigenvalue weighted by atomic mass is 31.2. The Morgan fingerprint density at radius 2 is 1.09 bits per heavy atom. The van der Waals surface area contributed by atoms with Crippen LogP contribution in [0.4, 0.5) is 0 Å². The van der Waals surface area contributed by atoms with Crippen LogP contribution in [0.1, 0.15) is 136 Å². The summed E-state index contributed by atoms with van der Waals surface area (Å²) in [6.07, 6.45) is 33.4. The predicted molar refractivity (Wildman–Crippen MR) is 250 cm³/mol. The summed E-state index contributed by atoms with van der Waals surface area (Å²) in [4.78, 5) is 35.7. The van der Waals surface area contributed by atoms with Gasteiger partial charge in [0.25, 0.3) is 0 Å². The quantitative estimate of drug-likeness (QED) is 0.0104. The molecular formula is C49H79O14P. The van der Waals surface area contributed by atoms with Crippen molar-refractivity contribution >= 4 is 19.8 Å². The fourth-order valence-electron chi connectivity index (χ4n) is 6.24. The number of allylic oxidation sites excluding steroid dienone is 14. The summed E-state index contributed by atoms with van der Waals surface area (Å²) >= 11 is 0. The molecule has 364 valence electrons. The molecule has 3 unspecified atom stereocenters. The van der Waals surface area contributed by atoms with E-state index in [1.54, 1.807) is 6.08 Å². The van der Waals surface area contributed by atoms with Crippen molar-refractivity contribution in [3.05, 3.63) is 97.2 Å². The van der Waals surface area contributed by atoms with Crippen LogP contribution in [0.25, 0.3) is 0 Å². The number of ether oxygens (including phenoxy) is 2. The van der Waals surface area contributed by atoms with Gasteiger partial charge in [-0.25, -0.2) is 4.57 Å². The van der Waals surface area contributed by atoms with E-state index in [1.165, 1.54) is 19.3 Å². The first kappa shape index (κ1) is 58.7. The molecule has 64 heavy (non-hydrogen) atoms. The molecule has 14 nitrogen and oxygen atoms in total. The summed E-state index contributed by atoms with van der Waals surface area (Å²) in [5.74, 6) is -1.24. The molecule has 7 N–H and O–H groups in total. The highest BCUT2D eigenvalue weighted by Gasteiger charge is 2.51. The maximum absolute atomic E-state index is 12.8. The lowest BCUT2D eigenvalue weighted by Gasteiger charge is -2.41. The van der Waals surface area contributed by atoms with Gasteiger partial charge in [0.1, 0.15) is 43.2 Å². The van der Waals surface area contributed by atoms with E-state index in [1.807, 2.05) is 36.5 Å². The summed E-state index contributed by atoms with van der Waals surface area (Å²) in [5, 5.41) is 60.2. The van der Waals surface area contributed by atoms with Crippen molar-refractivity contribution in [1.82, 2.24) is 0 Å². The first-order chi connectivity index (χ1) is 30.8. The second kappa shape index (κ2) is 37.9. The number of phosphoric acid groups is 1. The topological polar surface area (TPSA) is 230 Å². The fourth-order valence-corrected chi connectivity index (χ4v) is 7.21. The second-order valence-corrected chi connectivity index (χ2v) is 17.1. The van der Waals surface area contributed by atoms with Gasteiger partial charge in [-0.1, -0.05) is 137 Å². The summed E-state index contributed by atoms with van der Waals surface area (Å²) in [6.45, 7) is 3.00. The van der Waals surface area contributed by atoms with Crippen LogP contribution < -0.4 is 0 Å². The van der Waals surface area contributed by atoms with Crippen LogP contribution in [0.2, 0.25) is 0 Å². The van der Waals surface area contributed by atoms with Gasteiger partial charge in [0.2, 0.25) is 0 Å². The number of unbranched alkanes of at least 4 members (excludes halogenated alkanes) is 8. The minimum absolute atomic E-state index is 0.0386. The van der Waals surface area contributed by atoms with Gasteiger partial charge in [-0.2, -0.15) is 0 Å². The van der Waals surface area contributed by atoms with Gasteiger partial charge in [-0.05, 0) is 83.5 Å². The van der Waals surface area contributed by atoms with Crippen LogP contribution in [0, 0.1) is 0 Å². The third-order valence-electron chi connectivity index (χ3n) is 9.99. The van der Waals surface area contributed by atoms with E-state index in [0.29, 0.717) is 32.1 Å². The average molecular weight is 923 g/mol. The monoisotopic (exact) mass is 923 g/mol. The standard InChI is InChI=1S/C49H79O14P/c1-3-5-7-9-11-12-13-14-15-16-17-18-19-20-25-29-33-37-43(52)62-41(39-61-64(58,59)63-49-47(56)45(54)44(53)46(55)48(49)57)38-60-42(51)36-32-28-24-22-21-23-27-31-35-40(50)34-30-26-10-8-6-4-2/h5,7,11-12,14-15,17-18,22-24,26-27,30-31,35,40-41,44-50,53-57H,3-4,6,8-10,13,16,19-21,25,28-29,32-34,36-39H2,1-2H3,(H,58,59)/b7-5-,12-11-,15-14-,18-17-,24-22-,27-23-,30-26-,35-31+/t40-,41-,44?,45-,46+,47-,48-,49?/m1/s1. The van der Waals surface area contributed by atoms with E-state index in [4.69, 9.17) is 18.5 Å². The van der Waals surface area contributed by atoms with Crippen molar-refractivity contribution in [2.45, 2.75) is 185 Å². The van der Waals surface area contributed by atoms with Gasteiger partial charge in [0.15, 0.2) is 6.10 Å². The number of phosphoric ester groups is 1. The van der Waals surface area contributed by atoms with Crippen LogP contribution in [0.5, 0.6) is 0 Å². The molecule has 1 aliphatic carbocycles. The lowest BCUT2D eigenvalue weighted by Crippen LogP contribution is -2.64. The zero-order valence-electron chi connectivity index (χ0n) is 38.1. The molecule has 1 fully saturated rings. The molecule has 1 rings (SSSR count). The van der Waals surface area contributed by atoms with Crippen molar-refractivity contribution in [2.75, 3.05) is 13.2 Å². The van der Waals surface area contributed by atoms with Gasteiger partial charge < -0.3 is 45.0 Å². The molecule has 0 aromatic rings. The van der Waals surface area contributed by atoms with Crippen molar-refractivity contribution < 1.29 is 68.2 Å². The van der Waals surface area contributed by atoms with E-state index in [9.17, 15) is 49.7 Å². The lowest BCUT2D eigenvalue weighted by atomic mass is 9.85. The van der Waals surface area contributed by atoms with Gasteiger partial charge >= 0.3 is 19.8 Å². The third-order valence-corrected chi connectivity index (χ3v) is 11.0. The molecule has 0 saturated heterocycles. The van der Waals surface area contributed by atoms with Crippen LogP contribution in [-0.2, 0) is 32.7 Å². The van der Waals surface area contributed by atoms with Crippen LogP contribution in [-0.4, -0.2) is 110 Å². The molecule has 0 amide bonds. The summed E-state index contributed by atoms with van der Waals surface area (Å²) in [6, 6.07) is 0. The first-order valence-corrected chi connectivity index (χ1v) is 24.6. The molecule has 0 heterocycles. The molecule has 9 atom stereocenters. The second-order valence-electron chi connectivity index (χ2n) is 15.7. The Morgan fingerprint density at radius 3 is 1.72 bits per heavy atom. The third kappa shape index (κ3) is 30.0. The Labute approximate surface area is 382 Å². The molecule has 15 heteroatoms. The Balaban J connectivity index is 2.56.